The molecule has 18 heavy (non-hydrogen) atoms. The first-order valence-electron chi connectivity index (χ1n) is 5.70. The van der Waals surface area contributed by atoms with Gasteiger partial charge in [-0.3, -0.25) is 0 Å². The third-order valence-corrected chi connectivity index (χ3v) is 5.11. The van der Waals surface area contributed by atoms with Gasteiger partial charge in [-0.2, -0.15) is 4.31 Å². The Balaban J connectivity index is 2.87. The second-order valence-electron chi connectivity index (χ2n) is 4.14. The van der Waals surface area contributed by atoms with Gasteiger partial charge in [0.15, 0.2) is 0 Å². The largest absolute Gasteiger partial charge is 0.396 e. The zero-order valence-corrected chi connectivity index (χ0v) is 12.1. The number of hydrogen-bond acceptors (Lipinski definition) is 3. The van der Waals surface area contributed by atoms with Gasteiger partial charge in [0.05, 0.1) is 5.75 Å². The molecule has 102 valence electrons. The van der Waals surface area contributed by atoms with Crippen molar-refractivity contribution < 1.29 is 13.5 Å². The van der Waals surface area contributed by atoms with Crippen LogP contribution in [-0.2, 0) is 10.0 Å². The Morgan fingerprint density at radius 2 is 2.11 bits per heavy atom. The lowest BCUT2D eigenvalue weighted by Gasteiger charge is -2.24. The smallest absolute Gasteiger partial charge is 0.214 e. The zero-order valence-electron chi connectivity index (χ0n) is 10.5. The summed E-state index contributed by atoms with van der Waals surface area (Å²) in [6.45, 7) is 1.68. The molecule has 1 rings (SSSR count). The van der Waals surface area contributed by atoms with E-state index in [-0.39, 0.29) is 24.8 Å². The Morgan fingerprint density at radius 1 is 1.44 bits per heavy atom. The molecule has 0 aliphatic rings. The summed E-state index contributed by atoms with van der Waals surface area (Å²) >= 11 is 5.89. The first kappa shape index (κ1) is 15.4. The second kappa shape index (κ2) is 6.52. The van der Waals surface area contributed by atoms with Crippen molar-refractivity contribution in [3.8, 4) is 0 Å². The highest BCUT2D eigenvalue weighted by Gasteiger charge is 2.23. The van der Waals surface area contributed by atoms with Crippen molar-refractivity contribution in [1.29, 1.82) is 0 Å². The minimum atomic E-state index is -3.35. The first-order valence-corrected chi connectivity index (χ1v) is 7.69. The molecule has 0 heterocycles. The van der Waals surface area contributed by atoms with Crippen LogP contribution in [0.3, 0.4) is 0 Å². The van der Waals surface area contributed by atoms with E-state index in [1.807, 2.05) is 13.0 Å². The number of aliphatic hydroxyl groups excluding tert-OH is 1. The van der Waals surface area contributed by atoms with Crippen molar-refractivity contribution in [3.05, 3.63) is 34.9 Å². The molecule has 0 aromatic heterocycles. The first-order chi connectivity index (χ1) is 8.38. The Morgan fingerprint density at radius 3 is 2.67 bits per heavy atom. The van der Waals surface area contributed by atoms with Crippen LogP contribution in [0.2, 0.25) is 5.02 Å². The molecule has 1 aromatic rings. The van der Waals surface area contributed by atoms with Crippen LogP contribution >= 0.6 is 11.6 Å². The zero-order chi connectivity index (χ0) is 13.8. The number of benzene rings is 1. The van der Waals surface area contributed by atoms with Crippen molar-refractivity contribution in [3.63, 3.8) is 0 Å². The minimum absolute atomic E-state index is 0.0507. The van der Waals surface area contributed by atoms with Crippen LogP contribution in [0.15, 0.2) is 24.3 Å². The second-order valence-corrected chi connectivity index (χ2v) is 6.72. The van der Waals surface area contributed by atoms with E-state index < -0.39 is 10.0 Å². The molecule has 0 spiro atoms. The normalized spacial score (nSPS) is 13.8. The molecule has 0 saturated heterocycles. The Labute approximate surface area is 113 Å². The molecule has 0 bridgehead atoms. The fourth-order valence-electron chi connectivity index (χ4n) is 1.61. The predicted octanol–water partition coefficient (Wildman–Crippen LogP) is 2.05. The van der Waals surface area contributed by atoms with E-state index in [9.17, 15) is 8.42 Å². The molecule has 1 N–H and O–H groups in total. The van der Waals surface area contributed by atoms with E-state index >= 15 is 0 Å². The summed E-state index contributed by atoms with van der Waals surface area (Å²) in [6.07, 6.45) is 0.245. The van der Waals surface area contributed by atoms with Crippen molar-refractivity contribution in [1.82, 2.24) is 4.31 Å². The molecule has 1 atom stereocenters. The van der Waals surface area contributed by atoms with Crippen LogP contribution in [0.1, 0.15) is 24.9 Å². The minimum Gasteiger partial charge on any atom is -0.396 e. The fourth-order valence-corrected chi connectivity index (χ4v) is 3.19. The van der Waals surface area contributed by atoms with Crippen molar-refractivity contribution in [2.75, 3.05) is 19.4 Å². The number of nitrogens with zero attached hydrogens (tertiary/aromatic N) is 1. The topological polar surface area (TPSA) is 57.6 Å². The van der Waals surface area contributed by atoms with Crippen molar-refractivity contribution in [2.24, 2.45) is 0 Å². The highest BCUT2D eigenvalue weighted by Crippen LogP contribution is 2.24. The van der Waals surface area contributed by atoms with E-state index in [2.05, 4.69) is 0 Å². The third kappa shape index (κ3) is 3.95. The summed E-state index contributed by atoms with van der Waals surface area (Å²) in [5.41, 5.74) is 0.845. The lowest BCUT2D eigenvalue weighted by atomic mass is 10.1. The van der Waals surface area contributed by atoms with Crippen molar-refractivity contribution >= 4 is 21.6 Å². The number of aliphatic hydroxyl groups is 1. The van der Waals surface area contributed by atoms with E-state index in [1.54, 1.807) is 18.2 Å². The van der Waals surface area contributed by atoms with Crippen LogP contribution in [0.5, 0.6) is 0 Å². The molecule has 0 radical (unpaired) electrons. The Bertz CT molecular complexity index is 490. The van der Waals surface area contributed by atoms with Gasteiger partial charge < -0.3 is 5.11 Å². The van der Waals surface area contributed by atoms with Gasteiger partial charge in [0.1, 0.15) is 0 Å². The average Bonchev–Trinajstić information content (AvgIpc) is 2.34. The lowest BCUT2D eigenvalue weighted by Crippen LogP contribution is -2.32. The highest BCUT2D eigenvalue weighted by atomic mass is 35.5. The van der Waals surface area contributed by atoms with E-state index in [1.165, 1.54) is 11.4 Å². The van der Waals surface area contributed by atoms with Crippen molar-refractivity contribution in [2.45, 2.75) is 19.4 Å². The molecule has 0 saturated carbocycles. The summed E-state index contributed by atoms with van der Waals surface area (Å²) in [6, 6.07) is 6.85. The molecular formula is C12H18ClNO3S. The maximum absolute atomic E-state index is 12.0. The number of sulfonamides is 1. The van der Waals surface area contributed by atoms with Gasteiger partial charge in [0, 0.05) is 24.7 Å². The third-order valence-electron chi connectivity index (χ3n) is 2.88. The van der Waals surface area contributed by atoms with Gasteiger partial charge >= 0.3 is 0 Å². The standard InChI is InChI=1S/C12H18ClNO3S/c1-10(11-5-3-6-12(13)9-11)14(2)18(16,17)8-4-7-15/h3,5-6,9-10,15H,4,7-8H2,1-2H3. The maximum atomic E-state index is 12.0. The summed E-state index contributed by atoms with van der Waals surface area (Å²) in [4.78, 5) is 0. The van der Waals surface area contributed by atoms with Crippen LogP contribution in [-0.4, -0.2) is 37.2 Å². The summed E-state index contributed by atoms with van der Waals surface area (Å²) in [5, 5.41) is 9.29. The lowest BCUT2D eigenvalue weighted by molar-refractivity contribution is 0.293. The van der Waals surface area contributed by atoms with Crippen LogP contribution < -0.4 is 0 Å². The Kier molecular flexibility index (Phi) is 5.59. The molecular weight excluding hydrogens is 274 g/mol. The fraction of sp³-hybridized carbons (Fsp3) is 0.500. The maximum Gasteiger partial charge on any atom is 0.214 e. The molecule has 1 aromatic carbocycles. The monoisotopic (exact) mass is 291 g/mol. The van der Waals surface area contributed by atoms with Crippen LogP contribution in [0, 0.1) is 0 Å². The number of rotatable bonds is 6. The van der Waals surface area contributed by atoms with Gasteiger partial charge in [-0.05, 0) is 31.0 Å². The number of hydrogen-bond donors (Lipinski definition) is 1. The quantitative estimate of drug-likeness (QED) is 0.873. The van der Waals surface area contributed by atoms with E-state index in [4.69, 9.17) is 16.7 Å². The molecule has 0 aliphatic carbocycles. The summed E-state index contributed by atoms with van der Waals surface area (Å²) in [5.74, 6) is -0.0507. The van der Waals surface area contributed by atoms with Gasteiger partial charge in [-0.25, -0.2) is 8.42 Å². The summed E-state index contributed by atoms with van der Waals surface area (Å²) in [7, 11) is -1.81. The van der Waals surface area contributed by atoms with Gasteiger partial charge in [0.25, 0.3) is 0 Å². The van der Waals surface area contributed by atoms with Gasteiger partial charge in [0.2, 0.25) is 10.0 Å². The molecule has 0 fully saturated rings. The SMILES string of the molecule is CC(c1cccc(Cl)c1)N(C)S(=O)(=O)CCCO. The van der Waals surface area contributed by atoms with E-state index in [0.29, 0.717) is 5.02 Å². The summed E-state index contributed by atoms with van der Waals surface area (Å²) < 4.78 is 25.3. The highest BCUT2D eigenvalue weighted by molar-refractivity contribution is 7.89. The molecule has 0 amide bonds. The predicted molar refractivity (Wildman–Crippen MR) is 73.1 cm³/mol. The molecule has 0 aliphatic heterocycles. The van der Waals surface area contributed by atoms with Crippen LogP contribution in [0.25, 0.3) is 0 Å². The molecule has 4 nitrogen and oxygen atoms in total. The van der Waals surface area contributed by atoms with E-state index in [0.717, 1.165) is 5.56 Å². The van der Waals surface area contributed by atoms with Gasteiger partial charge in [-0.1, -0.05) is 23.7 Å². The van der Waals surface area contributed by atoms with Crippen LogP contribution in [0.4, 0.5) is 0 Å². The Hall–Kier alpha value is -0.620. The molecule has 1 unspecified atom stereocenters. The van der Waals surface area contributed by atoms with Gasteiger partial charge in [-0.15, -0.1) is 0 Å². The average molecular weight is 292 g/mol. The number of halogens is 1. The molecule has 6 heteroatoms.